The van der Waals surface area contributed by atoms with E-state index in [2.05, 4.69) is 5.32 Å². The van der Waals surface area contributed by atoms with Crippen LogP contribution < -0.4 is 11.1 Å². The molecule has 0 aliphatic carbocycles. The van der Waals surface area contributed by atoms with Crippen LogP contribution in [0.15, 0.2) is 12.1 Å². The first-order valence-electron chi connectivity index (χ1n) is 4.59. The second-order valence-corrected chi connectivity index (χ2v) is 3.58. The molecule has 0 saturated heterocycles. The van der Waals surface area contributed by atoms with Crippen LogP contribution in [0.25, 0.3) is 0 Å². The summed E-state index contributed by atoms with van der Waals surface area (Å²) < 4.78 is 13.5. The van der Waals surface area contributed by atoms with Crippen LogP contribution in [0, 0.1) is 5.82 Å². The Balaban J connectivity index is 2.46. The zero-order valence-corrected chi connectivity index (χ0v) is 8.16. The van der Waals surface area contributed by atoms with E-state index in [4.69, 9.17) is 10.8 Å². The maximum absolute atomic E-state index is 13.5. The van der Waals surface area contributed by atoms with Crippen molar-refractivity contribution >= 4 is 17.6 Å². The number of nitrogens with two attached hydrogens (primary N) is 1. The van der Waals surface area contributed by atoms with Crippen molar-refractivity contribution in [2.75, 3.05) is 5.32 Å². The Labute approximate surface area is 90.1 Å². The molecule has 1 aliphatic rings. The van der Waals surface area contributed by atoms with Gasteiger partial charge < -0.3 is 16.2 Å². The van der Waals surface area contributed by atoms with Gasteiger partial charge in [-0.1, -0.05) is 6.07 Å². The molecule has 0 saturated carbocycles. The number of hydrogen-bond acceptors (Lipinski definition) is 3. The highest BCUT2D eigenvalue weighted by Crippen LogP contribution is 2.29. The Morgan fingerprint density at radius 1 is 1.56 bits per heavy atom. The highest BCUT2D eigenvalue weighted by Gasteiger charge is 2.24. The number of amides is 1. The number of rotatable bonds is 2. The number of carboxylic acid groups (broad SMARTS) is 1. The number of carbonyl (C=O) groups excluding carboxylic acids is 1. The minimum Gasteiger partial charge on any atom is -0.480 e. The van der Waals surface area contributed by atoms with E-state index in [1.165, 1.54) is 6.07 Å². The van der Waals surface area contributed by atoms with Crippen LogP contribution in [0.1, 0.15) is 17.2 Å². The molecule has 1 aromatic rings. The van der Waals surface area contributed by atoms with Gasteiger partial charge >= 0.3 is 5.97 Å². The van der Waals surface area contributed by atoms with E-state index in [1.54, 1.807) is 0 Å². The summed E-state index contributed by atoms with van der Waals surface area (Å²) in [5.74, 6) is -2.21. The summed E-state index contributed by atoms with van der Waals surface area (Å²) in [7, 11) is 0. The topological polar surface area (TPSA) is 92.4 Å². The first-order valence-corrected chi connectivity index (χ1v) is 4.59. The van der Waals surface area contributed by atoms with Crippen LogP contribution in [0.2, 0.25) is 0 Å². The van der Waals surface area contributed by atoms with E-state index in [1.807, 2.05) is 0 Å². The van der Waals surface area contributed by atoms with Gasteiger partial charge in [-0.2, -0.15) is 0 Å². The SMILES string of the molecule is NC(C(=O)O)c1cc(F)c2c(c1)CC(=O)N2. The Morgan fingerprint density at radius 3 is 2.88 bits per heavy atom. The summed E-state index contributed by atoms with van der Waals surface area (Å²) in [4.78, 5) is 21.7. The normalized spacial score (nSPS) is 15.5. The molecule has 2 rings (SSSR count). The predicted molar refractivity (Wildman–Crippen MR) is 53.3 cm³/mol. The smallest absolute Gasteiger partial charge is 0.325 e. The third-order valence-corrected chi connectivity index (χ3v) is 2.43. The minimum atomic E-state index is -1.28. The van der Waals surface area contributed by atoms with Crippen LogP contribution in [-0.4, -0.2) is 17.0 Å². The number of aliphatic carboxylic acids is 1. The van der Waals surface area contributed by atoms with Crippen molar-refractivity contribution in [1.82, 2.24) is 0 Å². The number of carbonyl (C=O) groups is 2. The molecular weight excluding hydrogens is 215 g/mol. The highest BCUT2D eigenvalue weighted by atomic mass is 19.1. The third kappa shape index (κ3) is 1.63. The quantitative estimate of drug-likeness (QED) is 0.678. The van der Waals surface area contributed by atoms with Crippen molar-refractivity contribution in [2.45, 2.75) is 12.5 Å². The van der Waals surface area contributed by atoms with Crippen LogP contribution in [0.3, 0.4) is 0 Å². The summed E-state index contributed by atoms with van der Waals surface area (Å²) in [6, 6.07) is 1.19. The molecule has 84 valence electrons. The Bertz CT molecular complexity index is 487. The molecule has 5 nitrogen and oxygen atoms in total. The van der Waals surface area contributed by atoms with Gasteiger partial charge in [0.25, 0.3) is 0 Å². The molecule has 1 aromatic carbocycles. The second-order valence-electron chi connectivity index (χ2n) is 3.58. The van der Waals surface area contributed by atoms with Gasteiger partial charge in [-0.15, -0.1) is 0 Å². The van der Waals surface area contributed by atoms with Gasteiger partial charge in [0.2, 0.25) is 5.91 Å². The average molecular weight is 224 g/mol. The molecule has 6 heteroatoms. The zero-order chi connectivity index (χ0) is 11.9. The van der Waals surface area contributed by atoms with Crippen LogP contribution in [0.4, 0.5) is 10.1 Å². The fourth-order valence-electron chi connectivity index (χ4n) is 1.65. The molecule has 1 amide bonds. The molecule has 0 fully saturated rings. The maximum atomic E-state index is 13.5. The van der Waals surface area contributed by atoms with E-state index >= 15 is 0 Å². The lowest BCUT2D eigenvalue weighted by atomic mass is 10.0. The van der Waals surface area contributed by atoms with Crippen LogP contribution in [0.5, 0.6) is 0 Å². The van der Waals surface area contributed by atoms with Gasteiger partial charge in [0.05, 0.1) is 12.1 Å². The lowest BCUT2D eigenvalue weighted by Gasteiger charge is -2.09. The number of benzene rings is 1. The Hall–Kier alpha value is -1.95. The largest absolute Gasteiger partial charge is 0.480 e. The van der Waals surface area contributed by atoms with Crippen molar-refractivity contribution < 1.29 is 19.1 Å². The third-order valence-electron chi connectivity index (χ3n) is 2.43. The fourth-order valence-corrected chi connectivity index (χ4v) is 1.65. The molecule has 0 aromatic heterocycles. The molecule has 0 spiro atoms. The molecule has 0 bridgehead atoms. The van der Waals surface area contributed by atoms with Gasteiger partial charge in [0.1, 0.15) is 11.9 Å². The lowest BCUT2D eigenvalue weighted by molar-refractivity contribution is -0.138. The van der Waals surface area contributed by atoms with E-state index in [9.17, 15) is 14.0 Å². The molecule has 1 heterocycles. The summed E-state index contributed by atoms with van der Waals surface area (Å²) in [5.41, 5.74) is 6.08. The molecule has 1 unspecified atom stereocenters. The number of anilines is 1. The summed E-state index contributed by atoms with van der Waals surface area (Å²) in [6.07, 6.45) is 0.0480. The summed E-state index contributed by atoms with van der Waals surface area (Å²) in [5, 5.41) is 11.1. The van der Waals surface area contributed by atoms with Crippen molar-refractivity contribution in [1.29, 1.82) is 0 Å². The Morgan fingerprint density at radius 2 is 2.25 bits per heavy atom. The van der Waals surface area contributed by atoms with Gasteiger partial charge in [-0.25, -0.2) is 4.39 Å². The van der Waals surface area contributed by atoms with E-state index in [-0.39, 0.29) is 23.6 Å². The lowest BCUT2D eigenvalue weighted by Crippen LogP contribution is -2.20. The molecule has 1 aliphatic heterocycles. The first-order chi connectivity index (χ1) is 7.49. The zero-order valence-electron chi connectivity index (χ0n) is 8.16. The predicted octanol–water partition coefficient (Wildman–Crippen LogP) is 0.405. The standard InChI is InChI=1S/C10H9FN2O3/c11-6-2-4(8(12)10(15)16)1-5-3-7(14)13-9(5)6/h1-2,8H,3,12H2,(H,13,14)(H,15,16). The van der Waals surface area contributed by atoms with Crippen molar-refractivity contribution in [2.24, 2.45) is 5.73 Å². The maximum Gasteiger partial charge on any atom is 0.325 e. The number of fused-ring (bicyclic) bond motifs is 1. The minimum absolute atomic E-state index is 0.0480. The number of hydrogen-bond donors (Lipinski definition) is 3. The summed E-state index contributed by atoms with van der Waals surface area (Å²) >= 11 is 0. The van der Waals surface area contributed by atoms with Crippen LogP contribution >= 0.6 is 0 Å². The average Bonchev–Trinajstić information content (AvgIpc) is 2.57. The number of nitrogens with one attached hydrogen (secondary N) is 1. The van der Waals surface area contributed by atoms with Gasteiger partial charge in [0, 0.05) is 0 Å². The van der Waals surface area contributed by atoms with Gasteiger partial charge in [-0.05, 0) is 17.2 Å². The number of halogens is 1. The van der Waals surface area contributed by atoms with E-state index < -0.39 is 17.8 Å². The first kappa shape index (κ1) is 10.6. The monoisotopic (exact) mass is 224 g/mol. The van der Waals surface area contributed by atoms with E-state index in [0.29, 0.717) is 5.56 Å². The Kier molecular flexibility index (Phi) is 2.35. The molecule has 16 heavy (non-hydrogen) atoms. The van der Waals surface area contributed by atoms with Gasteiger partial charge in [0.15, 0.2) is 0 Å². The van der Waals surface area contributed by atoms with Crippen molar-refractivity contribution in [3.63, 3.8) is 0 Å². The van der Waals surface area contributed by atoms with Gasteiger partial charge in [-0.3, -0.25) is 9.59 Å². The molecule has 4 N–H and O–H groups in total. The highest BCUT2D eigenvalue weighted by molar-refractivity contribution is 5.99. The number of carboxylic acids is 1. The second kappa shape index (κ2) is 3.57. The summed E-state index contributed by atoms with van der Waals surface area (Å²) in [6.45, 7) is 0. The molecular formula is C10H9FN2O3. The van der Waals surface area contributed by atoms with Crippen molar-refractivity contribution in [3.05, 3.63) is 29.1 Å². The van der Waals surface area contributed by atoms with Crippen molar-refractivity contribution in [3.8, 4) is 0 Å². The van der Waals surface area contributed by atoms with Crippen LogP contribution in [-0.2, 0) is 16.0 Å². The molecule has 0 radical (unpaired) electrons. The fraction of sp³-hybridized carbons (Fsp3) is 0.200. The molecule has 1 atom stereocenters. The van der Waals surface area contributed by atoms with E-state index in [0.717, 1.165) is 6.07 Å².